The van der Waals surface area contributed by atoms with Gasteiger partial charge in [0.05, 0.1) is 0 Å². The topological polar surface area (TPSA) is 171 Å². The number of hydrogen-bond acceptors (Lipinski definition) is 10. The summed E-state index contributed by atoms with van der Waals surface area (Å²) in [5.41, 5.74) is 4.37. The number of ether oxygens (including phenoxy) is 1. The van der Waals surface area contributed by atoms with Crippen LogP contribution < -0.4 is 11.4 Å². The van der Waals surface area contributed by atoms with Gasteiger partial charge in [0.2, 0.25) is 0 Å². The smallest absolute Gasteiger partial charge is 0.353 e. The first-order valence-corrected chi connectivity index (χ1v) is 11.9. The molecule has 0 aliphatic carbocycles. The summed E-state index contributed by atoms with van der Waals surface area (Å²) >= 11 is 0. The average molecular weight is 516 g/mol. The van der Waals surface area contributed by atoms with Crippen LogP contribution >= 0.6 is 0 Å². The third kappa shape index (κ3) is 4.06. The maximum absolute atomic E-state index is 13.8. The van der Waals surface area contributed by atoms with Gasteiger partial charge in [0, 0.05) is 24.4 Å². The van der Waals surface area contributed by atoms with Crippen LogP contribution in [0.25, 0.3) is 11.2 Å². The Bertz CT molecular complexity index is 1640. The van der Waals surface area contributed by atoms with Crippen LogP contribution in [0.3, 0.4) is 0 Å². The van der Waals surface area contributed by atoms with Gasteiger partial charge in [-0.25, -0.2) is 19.3 Å². The number of ketones is 2. The number of carbonyl (C=O) groups excluding carboxylic acids is 2. The molecule has 4 aromatic rings. The van der Waals surface area contributed by atoms with Gasteiger partial charge in [0.15, 0.2) is 34.7 Å². The van der Waals surface area contributed by atoms with Gasteiger partial charge in [-0.05, 0) is 30.5 Å². The lowest BCUT2D eigenvalue weighted by atomic mass is 9.81. The van der Waals surface area contributed by atoms with Crippen LogP contribution in [0.4, 0.5) is 5.82 Å². The molecule has 38 heavy (non-hydrogen) atoms. The second-order valence-electron chi connectivity index (χ2n) is 9.28. The highest BCUT2D eigenvalue weighted by Gasteiger charge is 2.58. The molecule has 194 valence electrons. The van der Waals surface area contributed by atoms with Crippen molar-refractivity contribution in [1.82, 2.24) is 19.5 Å². The zero-order valence-electron chi connectivity index (χ0n) is 20.6. The van der Waals surface area contributed by atoms with Crippen LogP contribution in [0.1, 0.15) is 45.8 Å². The Hall–Kier alpha value is -4.32. The number of aromatic nitrogens is 4. The van der Waals surface area contributed by atoms with Gasteiger partial charge in [0.25, 0.3) is 0 Å². The Morgan fingerprint density at radius 3 is 2.45 bits per heavy atom. The molecular formula is C27H25N5O6. The van der Waals surface area contributed by atoms with E-state index in [0.29, 0.717) is 16.7 Å². The lowest BCUT2D eigenvalue weighted by Gasteiger charge is -2.28. The highest BCUT2D eigenvalue weighted by atomic mass is 16.5. The summed E-state index contributed by atoms with van der Waals surface area (Å²) in [5.74, 6) is -1.86. The Morgan fingerprint density at radius 2 is 1.74 bits per heavy atom. The van der Waals surface area contributed by atoms with Crippen molar-refractivity contribution in [3.05, 3.63) is 93.7 Å². The van der Waals surface area contributed by atoms with Crippen molar-refractivity contribution in [3.8, 4) is 0 Å². The minimum atomic E-state index is -2.42. The number of aryl methyl sites for hydroxylation is 2. The molecular weight excluding hydrogens is 490 g/mol. The van der Waals surface area contributed by atoms with Crippen molar-refractivity contribution >= 4 is 28.5 Å². The number of nitrogens with two attached hydrogens (primary N) is 1. The summed E-state index contributed by atoms with van der Waals surface area (Å²) in [5, 5.41) is 22.9. The first kappa shape index (κ1) is 25.3. The molecule has 1 fully saturated rings. The van der Waals surface area contributed by atoms with Gasteiger partial charge in [-0.15, -0.1) is 0 Å². The quantitative estimate of drug-likeness (QED) is 0.320. The lowest BCUT2D eigenvalue weighted by molar-refractivity contribution is -0.147. The average Bonchev–Trinajstić information content (AvgIpc) is 3.26. The molecule has 11 heteroatoms. The first-order valence-electron chi connectivity index (χ1n) is 11.9. The Balaban J connectivity index is 1.64. The van der Waals surface area contributed by atoms with Crippen molar-refractivity contribution in [2.75, 3.05) is 5.73 Å². The number of anilines is 1. The number of fused-ring (bicyclic) bond motifs is 1. The second-order valence-corrected chi connectivity index (χ2v) is 9.28. The van der Waals surface area contributed by atoms with Crippen molar-refractivity contribution in [2.24, 2.45) is 0 Å². The Morgan fingerprint density at radius 1 is 1.08 bits per heavy atom. The number of aliphatic hydroxyl groups excluding tert-OH is 1. The van der Waals surface area contributed by atoms with Crippen LogP contribution in [-0.2, 0) is 9.53 Å². The van der Waals surface area contributed by atoms with Crippen molar-refractivity contribution in [3.63, 3.8) is 0 Å². The zero-order chi connectivity index (χ0) is 27.2. The standard InChI is InChI=1S/C27H25N5O6/c1-14-7-3-5-9-16(14)20(33)21(34)23-27(37,22(35)17-10-6-4-8-15(17)2)13-18(38-23)32-25-19(29-11-12-30-25)24(28)31-26(32)36/h3-12,18,20,23,33,37H,13H2,1-2H3,(H2,28,31,36)/t18-,20?,23-,27-/m1/s1. The SMILES string of the molecule is Cc1ccccc1C(=O)[C@]1(O)C[C@H](n2c(=O)nc(N)c3nccnc32)O[C@@H]1C(=O)C(O)c1ccccc1C. The molecule has 1 saturated heterocycles. The van der Waals surface area contributed by atoms with Gasteiger partial charge < -0.3 is 20.7 Å². The van der Waals surface area contributed by atoms with E-state index in [4.69, 9.17) is 10.5 Å². The molecule has 1 aliphatic heterocycles. The summed E-state index contributed by atoms with van der Waals surface area (Å²) in [4.78, 5) is 52.5. The normalized spacial score (nSPS) is 21.9. The van der Waals surface area contributed by atoms with Gasteiger partial charge in [0.1, 0.15) is 17.8 Å². The summed E-state index contributed by atoms with van der Waals surface area (Å²) in [6.45, 7) is 3.42. The maximum Gasteiger partial charge on any atom is 0.353 e. The largest absolute Gasteiger partial charge is 0.382 e. The number of nitrogen functional groups attached to an aromatic ring is 1. The number of hydrogen-bond donors (Lipinski definition) is 3. The van der Waals surface area contributed by atoms with E-state index in [1.54, 1.807) is 56.3 Å². The molecule has 0 amide bonds. The molecule has 0 saturated carbocycles. The van der Waals surface area contributed by atoms with Crippen LogP contribution in [0.5, 0.6) is 0 Å². The Labute approximate surface area is 216 Å². The predicted molar refractivity (Wildman–Crippen MR) is 136 cm³/mol. The summed E-state index contributed by atoms with van der Waals surface area (Å²) in [6.07, 6.45) is -2.64. The fraction of sp³-hybridized carbons (Fsp3) is 0.259. The minimum absolute atomic E-state index is 0.00763. The molecule has 3 heterocycles. The fourth-order valence-electron chi connectivity index (χ4n) is 4.86. The maximum atomic E-state index is 13.8. The lowest BCUT2D eigenvalue weighted by Crippen LogP contribution is -2.51. The number of nitrogens with zero attached hydrogens (tertiary/aromatic N) is 4. The van der Waals surface area contributed by atoms with E-state index in [2.05, 4.69) is 15.0 Å². The molecule has 5 rings (SSSR count). The molecule has 0 bridgehead atoms. The van der Waals surface area contributed by atoms with Crippen LogP contribution in [0, 0.1) is 13.8 Å². The van der Waals surface area contributed by atoms with E-state index in [9.17, 15) is 24.6 Å². The minimum Gasteiger partial charge on any atom is -0.382 e. The fourth-order valence-corrected chi connectivity index (χ4v) is 4.86. The van der Waals surface area contributed by atoms with E-state index < -0.39 is 47.7 Å². The van der Waals surface area contributed by atoms with Gasteiger partial charge >= 0.3 is 5.69 Å². The van der Waals surface area contributed by atoms with E-state index >= 15 is 0 Å². The van der Waals surface area contributed by atoms with Gasteiger partial charge in [-0.3, -0.25) is 9.59 Å². The molecule has 2 aromatic carbocycles. The van der Waals surface area contributed by atoms with Crippen LogP contribution in [0.2, 0.25) is 0 Å². The third-order valence-electron chi connectivity index (χ3n) is 6.87. The summed E-state index contributed by atoms with van der Waals surface area (Å²) in [7, 11) is 0. The van der Waals surface area contributed by atoms with Crippen molar-refractivity contribution < 1.29 is 24.5 Å². The predicted octanol–water partition coefficient (Wildman–Crippen LogP) is 1.59. The van der Waals surface area contributed by atoms with Gasteiger partial charge in [-0.2, -0.15) is 4.98 Å². The molecule has 4 atom stereocenters. The number of carbonyl (C=O) groups is 2. The molecule has 4 N–H and O–H groups in total. The van der Waals surface area contributed by atoms with Gasteiger partial charge in [-0.1, -0.05) is 48.5 Å². The number of Topliss-reactive ketones (excluding diaryl/α,β-unsaturated/α-hetero) is 2. The number of aliphatic hydroxyl groups is 2. The molecule has 0 spiro atoms. The van der Waals surface area contributed by atoms with E-state index in [1.807, 2.05) is 0 Å². The monoisotopic (exact) mass is 515 g/mol. The number of rotatable bonds is 6. The highest BCUT2D eigenvalue weighted by molar-refractivity contribution is 6.08. The molecule has 1 unspecified atom stereocenters. The van der Waals surface area contributed by atoms with E-state index in [-0.39, 0.29) is 22.5 Å². The van der Waals surface area contributed by atoms with Crippen LogP contribution in [-0.4, -0.2) is 53.0 Å². The number of benzene rings is 2. The Kier molecular flexibility index (Phi) is 6.35. The summed E-state index contributed by atoms with van der Waals surface area (Å²) in [6, 6.07) is 13.3. The highest BCUT2D eigenvalue weighted by Crippen LogP contribution is 2.42. The van der Waals surface area contributed by atoms with Crippen molar-refractivity contribution in [1.29, 1.82) is 0 Å². The second kappa shape index (κ2) is 9.53. The molecule has 0 radical (unpaired) electrons. The molecule has 1 aliphatic rings. The third-order valence-corrected chi connectivity index (χ3v) is 6.87. The molecule has 2 aromatic heterocycles. The first-order chi connectivity index (χ1) is 18.1. The van der Waals surface area contributed by atoms with E-state index in [0.717, 1.165) is 4.57 Å². The summed E-state index contributed by atoms with van der Waals surface area (Å²) < 4.78 is 6.95. The van der Waals surface area contributed by atoms with E-state index in [1.165, 1.54) is 18.5 Å². The van der Waals surface area contributed by atoms with Crippen LogP contribution in [0.15, 0.2) is 65.7 Å². The molecule has 11 nitrogen and oxygen atoms in total. The van der Waals surface area contributed by atoms with Crippen molar-refractivity contribution in [2.45, 2.75) is 44.3 Å². The zero-order valence-corrected chi connectivity index (χ0v) is 20.6.